The van der Waals surface area contributed by atoms with Crippen molar-refractivity contribution in [1.29, 1.82) is 0 Å². The van der Waals surface area contributed by atoms with Gasteiger partial charge in [0.15, 0.2) is 5.69 Å². The molecule has 0 N–H and O–H groups in total. The van der Waals surface area contributed by atoms with Crippen molar-refractivity contribution in [2.75, 3.05) is 4.90 Å². The van der Waals surface area contributed by atoms with Crippen LogP contribution in [-0.4, -0.2) is 16.2 Å². The topological polar surface area (TPSA) is 38.1 Å². The van der Waals surface area contributed by atoms with Gasteiger partial charge in [-0.25, -0.2) is 13.2 Å². The van der Waals surface area contributed by atoms with Crippen LogP contribution in [0.15, 0.2) is 42.6 Å². The molecule has 1 amide bonds. The first-order valence-corrected chi connectivity index (χ1v) is 8.38. The van der Waals surface area contributed by atoms with Gasteiger partial charge in [-0.2, -0.15) is 5.10 Å². The highest BCUT2D eigenvalue weighted by Gasteiger charge is 2.25. The van der Waals surface area contributed by atoms with E-state index >= 15 is 0 Å². The molecule has 0 unspecified atom stereocenters. The van der Waals surface area contributed by atoms with Gasteiger partial charge in [0.25, 0.3) is 6.43 Å². The van der Waals surface area contributed by atoms with E-state index in [0.717, 1.165) is 11.0 Å². The Kier molecular flexibility index (Phi) is 5.43. The van der Waals surface area contributed by atoms with E-state index in [1.54, 1.807) is 6.07 Å². The summed E-state index contributed by atoms with van der Waals surface area (Å²) >= 11 is 12.0. The van der Waals surface area contributed by atoms with Gasteiger partial charge in [0.2, 0.25) is 6.41 Å². The van der Waals surface area contributed by atoms with Gasteiger partial charge in [0.1, 0.15) is 5.82 Å². The van der Waals surface area contributed by atoms with Gasteiger partial charge in [0, 0.05) is 18.8 Å². The number of hydrogen-bond donors (Lipinski definition) is 0. The second kappa shape index (κ2) is 7.62. The molecule has 3 rings (SSSR count). The van der Waals surface area contributed by atoms with E-state index in [1.807, 2.05) is 0 Å². The lowest BCUT2D eigenvalue weighted by Gasteiger charge is -2.21. The van der Waals surface area contributed by atoms with Crippen molar-refractivity contribution >= 4 is 41.0 Å². The molecule has 0 atom stereocenters. The zero-order valence-electron chi connectivity index (χ0n) is 13.8. The molecule has 3 aromatic rings. The number of aromatic nitrogens is 2. The number of rotatable bonds is 5. The minimum Gasteiger partial charge on any atom is -0.279 e. The Bertz CT molecular complexity index is 1010. The molecule has 27 heavy (non-hydrogen) atoms. The quantitative estimate of drug-likeness (QED) is 0.498. The second-order valence-corrected chi connectivity index (χ2v) is 6.45. The summed E-state index contributed by atoms with van der Waals surface area (Å²) in [5.74, 6) is -0.564. The Hall–Kier alpha value is -2.51. The molecule has 4 nitrogen and oxygen atoms in total. The van der Waals surface area contributed by atoms with Crippen LogP contribution in [0.3, 0.4) is 0 Å². The normalized spacial score (nSPS) is 11.1. The first-order valence-electron chi connectivity index (χ1n) is 7.63. The van der Waals surface area contributed by atoms with Gasteiger partial charge in [-0.1, -0.05) is 29.3 Å². The van der Waals surface area contributed by atoms with Crippen LogP contribution in [0.5, 0.6) is 0 Å². The zero-order valence-corrected chi connectivity index (χ0v) is 15.3. The molecule has 1 aromatic heterocycles. The lowest BCUT2D eigenvalue weighted by atomic mass is 10.0. The number of nitrogens with zero attached hydrogens (tertiary/aromatic N) is 3. The average Bonchev–Trinajstić information content (AvgIpc) is 3.01. The third kappa shape index (κ3) is 3.79. The molecular weight excluding hydrogens is 402 g/mol. The first kappa shape index (κ1) is 19.3. The van der Waals surface area contributed by atoms with Crippen molar-refractivity contribution in [1.82, 2.24) is 9.78 Å². The van der Waals surface area contributed by atoms with Crippen LogP contribution >= 0.6 is 23.2 Å². The molecule has 0 bridgehead atoms. The fraction of sp³-hybridized carbons (Fsp3) is 0.111. The molecule has 2 aromatic carbocycles. The number of anilines is 2. The maximum absolute atomic E-state index is 13.9. The fourth-order valence-corrected chi connectivity index (χ4v) is 2.99. The Balaban J connectivity index is 2.21. The van der Waals surface area contributed by atoms with Crippen molar-refractivity contribution < 1.29 is 18.0 Å². The van der Waals surface area contributed by atoms with E-state index in [-0.39, 0.29) is 22.0 Å². The van der Waals surface area contributed by atoms with Crippen LogP contribution < -0.4 is 4.90 Å². The predicted molar refractivity (Wildman–Crippen MR) is 98.2 cm³/mol. The molecule has 0 aliphatic carbocycles. The smallest absolute Gasteiger partial charge is 0.279 e. The summed E-state index contributed by atoms with van der Waals surface area (Å²) in [6.45, 7) is 0. The Morgan fingerprint density at radius 3 is 2.48 bits per heavy atom. The van der Waals surface area contributed by atoms with Gasteiger partial charge >= 0.3 is 0 Å². The highest BCUT2D eigenvalue weighted by atomic mass is 35.5. The summed E-state index contributed by atoms with van der Waals surface area (Å²) in [5, 5.41) is 4.24. The Morgan fingerprint density at radius 2 is 1.85 bits per heavy atom. The Labute approximate surface area is 162 Å². The number of aryl methyl sites for hydroxylation is 1. The van der Waals surface area contributed by atoms with Crippen LogP contribution in [0, 0.1) is 5.82 Å². The summed E-state index contributed by atoms with van der Waals surface area (Å²) in [7, 11) is 1.46. The van der Waals surface area contributed by atoms with Crippen molar-refractivity contribution in [2.45, 2.75) is 6.43 Å². The van der Waals surface area contributed by atoms with Crippen LogP contribution in [0.4, 0.5) is 24.5 Å². The summed E-state index contributed by atoms with van der Waals surface area (Å²) in [5.41, 5.74) is 0.280. The van der Waals surface area contributed by atoms with Gasteiger partial charge in [-0.15, -0.1) is 0 Å². The number of amides is 1. The minimum absolute atomic E-state index is 0.101. The van der Waals surface area contributed by atoms with Crippen LogP contribution in [-0.2, 0) is 11.8 Å². The number of carbonyl (C=O) groups excluding carboxylic acids is 1. The molecule has 0 saturated heterocycles. The SMILES string of the molecule is Cn1cc(N(C=O)c2ccc(F)cc2-c2ccc(Cl)c(Cl)c2)c(C(F)F)n1. The van der Waals surface area contributed by atoms with E-state index in [9.17, 15) is 18.0 Å². The van der Waals surface area contributed by atoms with Crippen LogP contribution in [0.25, 0.3) is 11.1 Å². The molecule has 0 fully saturated rings. The number of benzene rings is 2. The van der Waals surface area contributed by atoms with Crippen LogP contribution in [0.1, 0.15) is 12.1 Å². The summed E-state index contributed by atoms with van der Waals surface area (Å²) in [6.07, 6.45) is -1.23. The van der Waals surface area contributed by atoms with Crippen molar-refractivity contribution in [3.8, 4) is 11.1 Å². The van der Waals surface area contributed by atoms with Gasteiger partial charge < -0.3 is 0 Å². The number of halogens is 5. The number of hydrogen-bond acceptors (Lipinski definition) is 2. The number of alkyl halides is 2. The molecule has 9 heteroatoms. The van der Waals surface area contributed by atoms with E-state index < -0.39 is 17.9 Å². The molecule has 1 heterocycles. The predicted octanol–water partition coefficient (Wildman–Crippen LogP) is 5.77. The van der Waals surface area contributed by atoms with Gasteiger partial charge in [-0.05, 0) is 35.9 Å². The third-order valence-corrected chi connectivity index (χ3v) is 4.60. The third-order valence-electron chi connectivity index (χ3n) is 3.86. The van der Waals surface area contributed by atoms with E-state index in [1.165, 1.54) is 42.2 Å². The molecule has 0 aliphatic heterocycles. The van der Waals surface area contributed by atoms with Crippen LogP contribution in [0.2, 0.25) is 10.0 Å². The van der Waals surface area contributed by atoms with E-state index in [0.29, 0.717) is 17.0 Å². The molecule has 0 spiro atoms. The van der Waals surface area contributed by atoms with Crippen molar-refractivity contribution in [2.24, 2.45) is 7.05 Å². The summed E-state index contributed by atoms with van der Waals surface area (Å²) in [4.78, 5) is 12.8. The van der Waals surface area contributed by atoms with Gasteiger partial charge in [0.05, 0.1) is 21.4 Å². The average molecular weight is 414 g/mol. The first-order chi connectivity index (χ1) is 12.8. The fourth-order valence-electron chi connectivity index (χ4n) is 2.69. The van der Waals surface area contributed by atoms with E-state index in [4.69, 9.17) is 23.2 Å². The highest BCUT2D eigenvalue weighted by molar-refractivity contribution is 6.42. The Morgan fingerprint density at radius 1 is 1.11 bits per heavy atom. The van der Waals surface area contributed by atoms with E-state index in [2.05, 4.69) is 5.10 Å². The second-order valence-electron chi connectivity index (χ2n) is 5.64. The lowest BCUT2D eigenvalue weighted by molar-refractivity contribution is -0.106. The lowest BCUT2D eigenvalue weighted by Crippen LogP contribution is -2.16. The molecular formula is C18H12Cl2F3N3O. The summed E-state index contributed by atoms with van der Waals surface area (Å²) in [6, 6.07) is 8.25. The maximum atomic E-state index is 13.9. The van der Waals surface area contributed by atoms with Gasteiger partial charge in [-0.3, -0.25) is 14.4 Å². The highest BCUT2D eigenvalue weighted by Crippen LogP contribution is 2.39. The molecule has 140 valence electrons. The minimum atomic E-state index is -2.89. The van der Waals surface area contributed by atoms with Crippen molar-refractivity contribution in [3.05, 3.63) is 64.2 Å². The molecule has 0 aliphatic rings. The monoisotopic (exact) mass is 413 g/mol. The molecule has 0 radical (unpaired) electrons. The largest absolute Gasteiger partial charge is 0.284 e. The van der Waals surface area contributed by atoms with Crippen molar-refractivity contribution in [3.63, 3.8) is 0 Å². The maximum Gasteiger partial charge on any atom is 0.284 e. The standard InChI is InChI=1S/C18H12Cl2F3N3O/c1-25-8-16(17(24-25)18(22)23)26(9-27)15-5-3-11(21)7-12(15)10-2-4-13(19)14(20)6-10/h2-9,18H,1H3. The zero-order chi connectivity index (χ0) is 19.7. The summed E-state index contributed by atoms with van der Waals surface area (Å²) < 4.78 is 41.7. The molecule has 0 saturated carbocycles. The number of carbonyl (C=O) groups is 1.